The van der Waals surface area contributed by atoms with Crippen LogP contribution in [0.1, 0.15) is 5.56 Å². The second-order valence-electron chi connectivity index (χ2n) is 5.80. The number of nitrogens with zero attached hydrogens (tertiary/aromatic N) is 1. The van der Waals surface area contributed by atoms with Gasteiger partial charge in [-0.1, -0.05) is 29.8 Å². The highest BCUT2D eigenvalue weighted by Gasteiger charge is 2.30. The zero-order valence-electron chi connectivity index (χ0n) is 13.2. The first-order valence-electron chi connectivity index (χ1n) is 7.72. The third-order valence-electron chi connectivity index (χ3n) is 4.11. The third-order valence-corrected chi connectivity index (χ3v) is 5.04. The fraction of sp³-hybridized carbons (Fsp3) is 0.0500. The summed E-state index contributed by atoms with van der Waals surface area (Å²) < 4.78 is 39.4. The first-order valence-corrected chi connectivity index (χ1v) is 9.04. The van der Waals surface area contributed by atoms with Crippen molar-refractivity contribution in [1.82, 2.24) is 4.98 Å². The Kier molecular flexibility index (Phi) is 4.21. The maximum absolute atomic E-state index is 13.1. The van der Waals surface area contributed by atoms with E-state index in [1.807, 2.05) is 35.0 Å². The topological polar surface area (TPSA) is 12.9 Å². The molecular weight excluding hydrogens is 379 g/mol. The van der Waals surface area contributed by atoms with Gasteiger partial charge in [-0.25, -0.2) is 4.98 Å². The minimum Gasteiger partial charge on any atom is -0.248 e. The van der Waals surface area contributed by atoms with Crippen LogP contribution in [0.3, 0.4) is 0 Å². The summed E-state index contributed by atoms with van der Waals surface area (Å²) in [6.45, 7) is 0. The van der Waals surface area contributed by atoms with Crippen LogP contribution >= 0.6 is 22.9 Å². The summed E-state index contributed by atoms with van der Waals surface area (Å²) in [6.07, 6.45) is -4.41. The van der Waals surface area contributed by atoms with Gasteiger partial charge >= 0.3 is 6.18 Å². The molecule has 26 heavy (non-hydrogen) atoms. The van der Waals surface area contributed by atoms with Gasteiger partial charge in [0.2, 0.25) is 0 Å². The number of pyridine rings is 1. The van der Waals surface area contributed by atoms with Crippen molar-refractivity contribution in [2.24, 2.45) is 0 Å². The van der Waals surface area contributed by atoms with Crippen LogP contribution in [0.25, 0.3) is 33.3 Å². The molecule has 1 nitrogen and oxygen atoms in total. The zero-order valence-corrected chi connectivity index (χ0v) is 14.8. The molecular formula is C20H11ClF3NS. The number of thiophene rings is 1. The van der Waals surface area contributed by atoms with Gasteiger partial charge in [0.15, 0.2) is 0 Å². The Hall–Kier alpha value is -2.37. The van der Waals surface area contributed by atoms with E-state index in [-0.39, 0.29) is 0 Å². The largest absolute Gasteiger partial charge is 0.416 e. The van der Waals surface area contributed by atoms with Gasteiger partial charge < -0.3 is 0 Å². The molecule has 2 aromatic carbocycles. The van der Waals surface area contributed by atoms with E-state index >= 15 is 0 Å². The molecule has 0 aliphatic carbocycles. The van der Waals surface area contributed by atoms with E-state index in [1.54, 1.807) is 12.1 Å². The maximum atomic E-state index is 13.1. The fourth-order valence-electron chi connectivity index (χ4n) is 2.83. The van der Waals surface area contributed by atoms with Crippen molar-refractivity contribution in [3.05, 3.63) is 75.9 Å². The zero-order chi connectivity index (χ0) is 18.3. The van der Waals surface area contributed by atoms with Crippen LogP contribution in [0.4, 0.5) is 13.2 Å². The number of halogens is 4. The molecule has 0 saturated heterocycles. The molecule has 0 aliphatic heterocycles. The van der Waals surface area contributed by atoms with E-state index in [1.165, 1.54) is 17.4 Å². The quantitative estimate of drug-likeness (QED) is 0.350. The van der Waals surface area contributed by atoms with Gasteiger partial charge in [-0.05, 0) is 52.9 Å². The Morgan fingerprint density at radius 3 is 2.31 bits per heavy atom. The van der Waals surface area contributed by atoms with Crippen LogP contribution in [0.15, 0.2) is 65.4 Å². The Bertz CT molecular complexity index is 1070. The van der Waals surface area contributed by atoms with Crippen molar-refractivity contribution in [3.63, 3.8) is 0 Å². The highest BCUT2D eigenvalue weighted by molar-refractivity contribution is 7.08. The Labute approximate surface area is 156 Å². The van der Waals surface area contributed by atoms with Gasteiger partial charge in [-0.15, -0.1) is 0 Å². The van der Waals surface area contributed by atoms with Crippen molar-refractivity contribution in [3.8, 4) is 22.4 Å². The van der Waals surface area contributed by atoms with Gasteiger partial charge in [-0.3, -0.25) is 0 Å². The predicted molar refractivity (Wildman–Crippen MR) is 101 cm³/mol. The van der Waals surface area contributed by atoms with E-state index < -0.39 is 11.7 Å². The second kappa shape index (κ2) is 6.41. The number of alkyl halides is 3. The van der Waals surface area contributed by atoms with E-state index in [0.717, 1.165) is 28.8 Å². The number of fused-ring (bicyclic) bond motifs is 1. The smallest absolute Gasteiger partial charge is 0.248 e. The van der Waals surface area contributed by atoms with Crippen LogP contribution in [0, 0.1) is 0 Å². The van der Waals surface area contributed by atoms with Crippen LogP contribution in [-0.4, -0.2) is 4.98 Å². The summed E-state index contributed by atoms with van der Waals surface area (Å²) in [5.41, 5.74) is 2.82. The number of rotatable bonds is 2. The molecule has 2 aromatic heterocycles. The van der Waals surface area contributed by atoms with Crippen LogP contribution < -0.4 is 0 Å². The molecule has 0 bridgehead atoms. The molecule has 0 spiro atoms. The summed E-state index contributed by atoms with van der Waals surface area (Å²) >= 11 is 7.48. The number of benzene rings is 2. The van der Waals surface area contributed by atoms with E-state index in [0.29, 0.717) is 21.6 Å². The van der Waals surface area contributed by atoms with Gasteiger partial charge in [0.1, 0.15) is 0 Å². The molecule has 130 valence electrons. The van der Waals surface area contributed by atoms with E-state index in [2.05, 4.69) is 4.98 Å². The molecule has 0 amide bonds. The third kappa shape index (κ3) is 3.20. The monoisotopic (exact) mass is 389 g/mol. The molecule has 0 saturated carbocycles. The van der Waals surface area contributed by atoms with Crippen molar-refractivity contribution >= 4 is 33.8 Å². The SMILES string of the molecule is FC(F)(F)c1ccc2c(-c3ccc(Cl)cc3)cc(-c3ccsc3)nc2c1. The molecule has 4 rings (SSSR count). The average molecular weight is 390 g/mol. The average Bonchev–Trinajstić information content (AvgIpc) is 3.15. The highest BCUT2D eigenvalue weighted by Crippen LogP contribution is 2.36. The van der Waals surface area contributed by atoms with E-state index in [4.69, 9.17) is 11.6 Å². The number of aromatic nitrogens is 1. The minimum atomic E-state index is -4.41. The highest BCUT2D eigenvalue weighted by atomic mass is 35.5. The first-order chi connectivity index (χ1) is 12.4. The molecule has 0 unspecified atom stereocenters. The van der Waals surface area contributed by atoms with Gasteiger partial charge in [0.05, 0.1) is 16.8 Å². The first kappa shape index (κ1) is 17.1. The van der Waals surface area contributed by atoms with Gasteiger partial charge in [-0.2, -0.15) is 24.5 Å². The summed E-state index contributed by atoms with van der Waals surface area (Å²) in [6, 6.07) is 14.7. The summed E-state index contributed by atoms with van der Waals surface area (Å²) in [4.78, 5) is 4.48. The molecule has 6 heteroatoms. The van der Waals surface area contributed by atoms with Crippen LogP contribution in [0.5, 0.6) is 0 Å². The summed E-state index contributed by atoms with van der Waals surface area (Å²) in [5.74, 6) is 0. The lowest BCUT2D eigenvalue weighted by Crippen LogP contribution is -2.04. The standard InChI is InChI=1S/C20H11ClF3NS/c21-15-4-1-12(2-5-15)17-10-18(13-7-8-26-11-13)25-19-9-14(20(22,23)24)3-6-16(17)19/h1-11H. The molecule has 0 fully saturated rings. The Morgan fingerprint density at radius 2 is 1.65 bits per heavy atom. The summed E-state index contributed by atoms with van der Waals surface area (Å²) in [7, 11) is 0. The van der Waals surface area contributed by atoms with Crippen LogP contribution in [-0.2, 0) is 6.18 Å². The Morgan fingerprint density at radius 1 is 0.885 bits per heavy atom. The Balaban J connectivity index is 2.00. The second-order valence-corrected chi connectivity index (χ2v) is 7.02. The fourth-order valence-corrected chi connectivity index (χ4v) is 3.61. The molecule has 2 heterocycles. The molecule has 4 aromatic rings. The normalized spacial score (nSPS) is 11.8. The van der Waals surface area contributed by atoms with Crippen molar-refractivity contribution < 1.29 is 13.2 Å². The number of hydrogen-bond acceptors (Lipinski definition) is 2. The van der Waals surface area contributed by atoms with Crippen molar-refractivity contribution in [2.45, 2.75) is 6.18 Å². The van der Waals surface area contributed by atoms with Gasteiger partial charge in [0, 0.05) is 21.4 Å². The lowest BCUT2D eigenvalue weighted by Gasteiger charge is -2.12. The summed E-state index contributed by atoms with van der Waals surface area (Å²) in [5, 5.41) is 5.10. The van der Waals surface area contributed by atoms with Gasteiger partial charge in [0.25, 0.3) is 0 Å². The molecule has 0 aliphatic rings. The predicted octanol–water partition coefficient (Wildman–Crippen LogP) is 7.30. The number of hydrogen-bond donors (Lipinski definition) is 0. The molecule has 0 N–H and O–H groups in total. The maximum Gasteiger partial charge on any atom is 0.416 e. The van der Waals surface area contributed by atoms with Crippen LogP contribution in [0.2, 0.25) is 5.02 Å². The molecule has 0 radical (unpaired) electrons. The minimum absolute atomic E-state index is 0.313. The lowest BCUT2D eigenvalue weighted by molar-refractivity contribution is -0.137. The lowest BCUT2D eigenvalue weighted by atomic mass is 9.98. The van der Waals surface area contributed by atoms with E-state index in [9.17, 15) is 13.2 Å². The van der Waals surface area contributed by atoms with Crippen molar-refractivity contribution in [1.29, 1.82) is 0 Å². The molecule has 0 atom stereocenters. The van der Waals surface area contributed by atoms with Crippen molar-refractivity contribution in [2.75, 3.05) is 0 Å².